The Hall–Kier alpha value is -4.07. The van der Waals surface area contributed by atoms with Crippen LogP contribution in [0.2, 0.25) is 0 Å². The van der Waals surface area contributed by atoms with Gasteiger partial charge in [-0.3, -0.25) is 4.57 Å². The molecule has 4 rings (SSSR count). The summed E-state index contributed by atoms with van der Waals surface area (Å²) in [7, 11) is 0. The number of aryl methyl sites for hydroxylation is 2. The number of nitrogens with zero attached hydrogens (tertiary/aromatic N) is 4. The number of furan rings is 1. The van der Waals surface area contributed by atoms with Crippen LogP contribution in [0.4, 0.5) is 0 Å². The molecular weight excluding hydrogens is 390 g/mol. The predicted molar refractivity (Wildman–Crippen MR) is 117 cm³/mol. The fraction of sp³-hybridized carbons (Fsp3) is 0.208. The number of nitriles is 2. The quantitative estimate of drug-likeness (QED) is 0.476. The highest BCUT2D eigenvalue weighted by Crippen LogP contribution is 2.30. The predicted octanol–water partition coefficient (Wildman–Crippen LogP) is 4.61. The molecule has 3 aromatic heterocycles. The highest BCUT2D eigenvalue weighted by atomic mass is 16.4. The maximum absolute atomic E-state index is 9.79. The van der Waals surface area contributed by atoms with E-state index in [1.165, 1.54) is 0 Å². The smallest absolute Gasteiger partial charge is 0.222 e. The second-order valence-electron chi connectivity index (χ2n) is 7.50. The third-order valence-electron chi connectivity index (χ3n) is 5.56. The van der Waals surface area contributed by atoms with Crippen LogP contribution in [0.3, 0.4) is 0 Å². The fourth-order valence-corrected chi connectivity index (χ4v) is 3.74. The molecule has 0 aliphatic heterocycles. The van der Waals surface area contributed by atoms with Gasteiger partial charge in [0.05, 0.1) is 23.2 Å². The number of aliphatic hydroxyl groups is 1. The Bertz CT molecular complexity index is 1430. The molecule has 2 N–H and O–H groups in total. The van der Waals surface area contributed by atoms with Gasteiger partial charge in [-0.2, -0.15) is 10.5 Å². The minimum absolute atomic E-state index is 0.0619. The van der Waals surface area contributed by atoms with Gasteiger partial charge in [0, 0.05) is 17.0 Å². The molecule has 3 heterocycles. The summed E-state index contributed by atoms with van der Waals surface area (Å²) in [6.07, 6.45) is 1.78. The molecule has 0 atom stereocenters. The van der Waals surface area contributed by atoms with Gasteiger partial charge in [-0.1, -0.05) is 6.07 Å². The van der Waals surface area contributed by atoms with Crippen molar-refractivity contribution in [3.8, 4) is 18.0 Å². The van der Waals surface area contributed by atoms with Crippen LogP contribution in [0.15, 0.2) is 28.7 Å². The average Bonchev–Trinajstić information content (AvgIpc) is 3.39. The highest BCUT2D eigenvalue weighted by molar-refractivity contribution is 5.91. The molecule has 0 amide bonds. The van der Waals surface area contributed by atoms with E-state index in [2.05, 4.69) is 22.1 Å². The van der Waals surface area contributed by atoms with Gasteiger partial charge in [-0.05, 0) is 63.1 Å². The second-order valence-corrected chi connectivity index (χ2v) is 7.50. The lowest BCUT2D eigenvalue weighted by molar-refractivity contribution is 0.282. The molecule has 154 valence electrons. The number of hydrogen-bond donors (Lipinski definition) is 2. The maximum atomic E-state index is 9.79. The van der Waals surface area contributed by atoms with E-state index in [1.807, 2.05) is 50.5 Å². The molecule has 0 spiro atoms. The summed E-state index contributed by atoms with van der Waals surface area (Å²) < 4.78 is 7.79. The third-order valence-corrected chi connectivity index (χ3v) is 5.56. The normalized spacial score (nSPS) is 11.6. The molecule has 7 nitrogen and oxygen atoms in total. The van der Waals surface area contributed by atoms with Gasteiger partial charge in [-0.15, -0.1) is 0 Å². The van der Waals surface area contributed by atoms with E-state index < -0.39 is 0 Å². The Balaban J connectivity index is 1.82. The van der Waals surface area contributed by atoms with E-state index in [9.17, 15) is 15.6 Å². The Morgan fingerprint density at radius 3 is 2.68 bits per heavy atom. The summed E-state index contributed by atoms with van der Waals surface area (Å²) >= 11 is 0. The topological polar surface area (TPSA) is 115 Å². The molecule has 0 unspecified atom stereocenters. The van der Waals surface area contributed by atoms with E-state index in [0.717, 1.165) is 39.1 Å². The molecule has 0 saturated carbocycles. The van der Waals surface area contributed by atoms with Crippen molar-refractivity contribution in [2.45, 2.75) is 34.3 Å². The Kier molecular flexibility index (Phi) is 4.98. The number of fused-ring (bicyclic) bond motifs is 1. The molecule has 31 heavy (non-hydrogen) atoms. The van der Waals surface area contributed by atoms with Crippen molar-refractivity contribution in [2.24, 2.45) is 0 Å². The number of aliphatic hydroxyl groups excluding tert-OH is 1. The Morgan fingerprint density at radius 1 is 1.23 bits per heavy atom. The monoisotopic (exact) mass is 411 g/mol. The van der Waals surface area contributed by atoms with Crippen molar-refractivity contribution >= 4 is 22.7 Å². The number of rotatable bonds is 4. The highest BCUT2D eigenvalue weighted by Gasteiger charge is 2.20. The van der Waals surface area contributed by atoms with Gasteiger partial charge in [0.25, 0.3) is 0 Å². The number of allylic oxidation sites excluding steroid dienone is 1. The minimum atomic E-state index is -0.0619. The lowest BCUT2D eigenvalue weighted by Gasteiger charge is -2.06. The molecular formula is C24H21N5O2. The second kappa shape index (κ2) is 7.64. The van der Waals surface area contributed by atoms with Gasteiger partial charge in [0.2, 0.25) is 5.88 Å². The van der Waals surface area contributed by atoms with Crippen LogP contribution in [0.5, 0.6) is 0 Å². The number of aromatic amines is 1. The summed E-state index contributed by atoms with van der Waals surface area (Å²) in [5, 5.41) is 28.7. The largest absolute Gasteiger partial charge is 0.443 e. The summed E-state index contributed by atoms with van der Waals surface area (Å²) in [5.41, 5.74) is 6.54. The van der Waals surface area contributed by atoms with Gasteiger partial charge in [0.15, 0.2) is 0 Å². The van der Waals surface area contributed by atoms with Crippen LogP contribution < -0.4 is 0 Å². The standard InChI is InChI=1S/C24H21N5O2/c1-13-7-18(15(3)29(13)24-20(11-26)14(2)16(4)31-24)9-19(10-25)23-27-21-6-5-17(12-30)8-22(21)28-23/h5-9,30H,12H2,1-4H3,(H,27,28)/b19-9+. The molecule has 0 aliphatic carbocycles. The summed E-state index contributed by atoms with van der Waals surface area (Å²) in [4.78, 5) is 7.68. The number of benzene rings is 1. The van der Waals surface area contributed by atoms with Crippen LogP contribution in [0, 0.1) is 50.4 Å². The molecule has 7 heteroatoms. The van der Waals surface area contributed by atoms with Crippen LogP contribution in [-0.2, 0) is 6.61 Å². The summed E-state index contributed by atoms with van der Waals surface area (Å²) in [6, 6.07) is 11.8. The molecule has 0 fully saturated rings. The molecule has 4 aromatic rings. The van der Waals surface area contributed by atoms with Crippen LogP contribution in [0.25, 0.3) is 28.6 Å². The van der Waals surface area contributed by atoms with Crippen LogP contribution in [-0.4, -0.2) is 19.6 Å². The third kappa shape index (κ3) is 3.31. The number of hydrogen-bond acceptors (Lipinski definition) is 5. The van der Waals surface area contributed by atoms with E-state index in [-0.39, 0.29) is 6.61 Å². The van der Waals surface area contributed by atoms with Crippen molar-refractivity contribution in [1.29, 1.82) is 10.5 Å². The number of aromatic nitrogens is 3. The zero-order valence-electron chi connectivity index (χ0n) is 17.7. The number of imidazole rings is 1. The zero-order valence-corrected chi connectivity index (χ0v) is 17.7. The minimum Gasteiger partial charge on any atom is -0.443 e. The van der Waals surface area contributed by atoms with Crippen molar-refractivity contribution < 1.29 is 9.52 Å². The lowest BCUT2D eigenvalue weighted by atomic mass is 10.1. The first-order valence-corrected chi connectivity index (χ1v) is 9.79. The molecule has 0 aliphatic rings. The first-order chi connectivity index (χ1) is 14.9. The number of H-pyrrole nitrogens is 1. The van der Waals surface area contributed by atoms with E-state index in [1.54, 1.807) is 12.1 Å². The lowest BCUT2D eigenvalue weighted by Crippen LogP contribution is -2.00. The first-order valence-electron chi connectivity index (χ1n) is 9.79. The molecule has 0 saturated heterocycles. The van der Waals surface area contributed by atoms with Crippen molar-refractivity contribution in [3.05, 3.63) is 69.5 Å². The Morgan fingerprint density at radius 2 is 2.00 bits per heavy atom. The molecule has 1 aromatic carbocycles. The summed E-state index contributed by atoms with van der Waals surface area (Å²) in [6.45, 7) is 7.50. The van der Waals surface area contributed by atoms with E-state index >= 15 is 0 Å². The summed E-state index contributed by atoms with van der Waals surface area (Å²) in [5.74, 6) is 1.66. The first kappa shape index (κ1) is 20.2. The van der Waals surface area contributed by atoms with E-state index in [0.29, 0.717) is 28.6 Å². The van der Waals surface area contributed by atoms with Crippen LogP contribution >= 0.6 is 0 Å². The maximum Gasteiger partial charge on any atom is 0.222 e. The number of nitrogens with one attached hydrogen (secondary N) is 1. The average molecular weight is 411 g/mol. The fourth-order valence-electron chi connectivity index (χ4n) is 3.74. The van der Waals surface area contributed by atoms with Crippen molar-refractivity contribution in [3.63, 3.8) is 0 Å². The van der Waals surface area contributed by atoms with Gasteiger partial charge in [0.1, 0.15) is 29.3 Å². The van der Waals surface area contributed by atoms with Crippen molar-refractivity contribution in [1.82, 2.24) is 14.5 Å². The van der Waals surface area contributed by atoms with Gasteiger partial charge in [-0.25, -0.2) is 4.98 Å². The van der Waals surface area contributed by atoms with E-state index in [4.69, 9.17) is 4.42 Å². The van der Waals surface area contributed by atoms with Gasteiger partial charge < -0.3 is 14.5 Å². The SMILES string of the molecule is Cc1oc(-n2c(C)cc(/C=C(\C#N)c3nc4ccc(CO)cc4[nH]3)c2C)c(C#N)c1C. The van der Waals surface area contributed by atoms with Crippen molar-refractivity contribution in [2.75, 3.05) is 0 Å². The zero-order chi connectivity index (χ0) is 22.3. The molecule has 0 radical (unpaired) electrons. The van der Waals surface area contributed by atoms with Gasteiger partial charge >= 0.3 is 0 Å². The van der Waals surface area contributed by atoms with Crippen LogP contribution in [0.1, 0.15) is 45.2 Å². The molecule has 0 bridgehead atoms. The Labute approximate surface area is 179 Å².